The smallest absolute Gasteiger partial charge is 0.0825 e. The second-order valence-corrected chi connectivity index (χ2v) is 2.94. The fourth-order valence-electron chi connectivity index (χ4n) is 0.695. The van der Waals surface area contributed by atoms with E-state index in [1.807, 2.05) is 18.8 Å². The summed E-state index contributed by atoms with van der Waals surface area (Å²) in [4.78, 5) is 0. The van der Waals surface area contributed by atoms with E-state index in [-0.39, 0.29) is 0 Å². The number of hydrogen-bond acceptors (Lipinski definition) is 2. The van der Waals surface area contributed by atoms with E-state index in [4.69, 9.17) is 0 Å². The first-order valence-corrected chi connectivity index (χ1v) is 4.00. The molecule has 1 unspecified atom stereocenters. The van der Waals surface area contributed by atoms with Crippen LogP contribution in [0, 0.1) is 0 Å². The summed E-state index contributed by atoms with van der Waals surface area (Å²) >= 11 is 1.97. The number of rotatable bonds is 1. The van der Waals surface area contributed by atoms with Crippen molar-refractivity contribution in [2.45, 2.75) is 6.17 Å². The van der Waals surface area contributed by atoms with Gasteiger partial charge in [0.1, 0.15) is 0 Å². The van der Waals surface area contributed by atoms with Crippen molar-refractivity contribution in [1.82, 2.24) is 10.6 Å². The van der Waals surface area contributed by atoms with E-state index in [2.05, 4.69) is 10.6 Å². The summed E-state index contributed by atoms with van der Waals surface area (Å²) in [7, 11) is 1.96. The molecule has 47 valence electrons. The number of nitrogens with zero attached hydrogens (tertiary/aromatic N) is 1. The second kappa shape index (κ2) is 3.33. The van der Waals surface area contributed by atoms with Crippen LogP contribution in [-0.4, -0.2) is 31.3 Å². The maximum atomic E-state index is 4.32. The van der Waals surface area contributed by atoms with E-state index in [0.717, 1.165) is 12.3 Å². The number of thioether (sulfide) groups is 1. The molecule has 1 atom stereocenters. The van der Waals surface area contributed by atoms with Gasteiger partial charge in [-0.15, -0.1) is 0 Å². The van der Waals surface area contributed by atoms with Gasteiger partial charge in [0.2, 0.25) is 0 Å². The lowest BCUT2D eigenvalue weighted by atomic mass is 10.5. The van der Waals surface area contributed by atoms with Crippen molar-refractivity contribution in [1.29, 1.82) is 0 Å². The molecule has 0 amide bonds. The Labute approximate surface area is 54.4 Å². The molecular weight excluding hydrogens is 120 g/mol. The number of nitrogens with one attached hydrogen (secondary N) is 1. The van der Waals surface area contributed by atoms with Crippen LogP contribution in [0.25, 0.3) is 0 Å². The molecule has 3 heteroatoms. The van der Waals surface area contributed by atoms with E-state index in [9.17, 15) is 0 Å². The van der Waals surface area contributed by atoms with Gasteiger partial charge in [0.25, 0.3) is 0 Å². The van der Waals surface area contributed by atoms with Gasteiger partial charge < -0.3 is 5.32 Å². The van der Waals surface area contributed by atoms with Crippen molar-refractivity contribution < 1.29 is 0 Å². The van der Waals surface area contributed by atoms with Crippen molar-refractivity contribution in [3.05, 3.63) is 0 Å². The highest BCUT2D eigenvalue weighted by atomic mass is 32.2. The maximum absolute atomic E-state index is 4.32. The highest BCUT2D eigenvalue weighted by molar-refractivity contribution is 7.99. The molecule has 0 aliphatic carbocycles. The van der Waals surface area contributed by atoms with Crippen LogP contribution in [0.2, 0.25) is 0 Å². The molecule has 0 aromatic heterocycles. The monoisotopic (exact) mass is 131 g/mol. The van der Waals surface area contributed by atoms with Crippen LogP contribution in [0.15, 0.2) is 0 Å². The van der Waals surface area contributed by atoms with Crippen LogP contribution < -0.4 is 10.6 Å². The third-order valence-corrected chi connectivity index (χ3v) is 2.22. The minimum atomic E-state index is 0.425. The Morgan fingerprint density at radius 2 is 2.62 bits per heavy atom. The zero-order valence-corrected chi connectivity index (χ0v) is 5.87. The Morgan fingerprint density at radius 1 is 1.75 bits per heavy atom. The zero-order valence-electron chi connectivity index (χ0n) is 5.05. The zero-order chi connectivity index (χ0) is 5.82. The van der Waals surface area contributed by atoms with Crippen molar-refractivity contribution in [3.8, 4) is 0 Å². The third-order valence-electron chi connectivity index (χ3n) is 1.19. The molecule has 1 radical (unpaired) electrons. The molecule has 1 N–H and O–H groups in total. The molecule has 0 aromatic rings. The summed E-state index contributed by atoms with van der Waals surface area (Å²) in [6.45, 7) is 1.02. The molecule has 1 fully saturated rings. The average Bonchev–Trinajstić information content (AvgIpc) is 1.90. The molecule has 0 saturated carbocycles. The van der Waals surface area contributed by atoms with E-state index in [1.54, 1.807) is 0 Å². The molecule has 1 heterocycles. The fraction of sp³-hybridized carbons (Fsp3) is 1.00. The van der Waals surface area contributed by atoms with Crippen molar-refractivity contribution in [2.24, 2.45) is 0 Å². The molecule has 1 aliphatic heterocycles. The van der Waals surface area contributed by atoms with Gasteiger partial charge in [0.05, 0.1) is 6.17 Å². The lowest BCUT2D eigenvalue weighted by Crippen LogP contribution is -2.41. The molecular formula is C5H11N2S. The molecule has 8 heavy (non-hydrogen) atoms. The topological polar surface area (TPSA) is 26.1 Å². The summed E-state index contributed by atoms with van der Waals surface area (Å²) in [6, 6.07) is 0. The van der Waals surface area contributed by atoms with Gasteiger partial charge in [0, 0.05) is 18.1 Å². The van der Waals surface area contributed by atoms with Crippen molar-refractivity contribution in [3.63, 3.8) is 0 Å². The summed E-state index contributed by atoms with van der Waals surface area (Å²) < 4.78 is 0. The van der Waals surface area contributed by atoms with Crippen LogP contribution in [0.3, 0.4) is 0 Å². The van der Waals surface area contributed by atoms with Gasteiger partial charge in [-0.1, -0.05) is 0 Å². The number of hydrogen-bond donors (Lipinski definition) is 1. The first-order chi connectivity index (χ1) is 3.93. The highest BCUT2D eigenvalue weighted by Gasteiger charge is 2.09. The molecule has 0 bridgehead atoms. The summed E-state index contributed by atoms with van der Waals surface area (Å²) in [5.74, 6) is 2.36. The maximum Gasteiger partial charge on any atom is 0.0825 e. The molecule has 2 nitrogen and oxygen atoms in total. The van der Waals surface area contributed by atoms with Crippen LogP contribution in [0.4, 0.5) is 0 Å². The van der Waals surface area contributed by atoms with Gasteiger partial charge >= 0.3 is 0 Å². The molecule has 0 spiro atoms. The van der Waals surface area contributed by atoms with Crippen LogP contribution in [-0.2, 0) is 0 Å². The van der Waals surface area contributed by atoms with E-state index in [0.29, 0.717) is 6.17 Å². The Bertz CT molecular complexity index is 61.4. The summed E-state index contributed by atoms with van der Waals surface area (Å²) in [5, 5.41) is 7.43. The van der Waals surface area contributed by atoms with Gasteiger partial charge in [-0.3, -0.25) is 0 Å². The fourth-order valence-corrected chi connectivity index (χ4v) is 1.59. The first-order valence-electron chi connectivity index (χ1n) is 2.85. The minimum absolute atomic E-state index is 0.425. The van der Waals surface area contributed by atoms with E-state index >= 15 is 0 Å². The van der Waals surface area contributed by atoms with E-state index < -0.39 is 0 Å². The predicted molar refractivity (Wildman–Crippen MR) is 37.2 cm³/mol. The van der Waals surface area contributed by atoms with Crippen LogP contribution >= 0.6 is 11.8 Å². The van der Waals surface area contributed by atoms with Crippen LogP contribution in [0.5, 0.6) is 0 Å². The standard InChI is InChI=1S/C5H11N2S/c1-6-5-4-8-3-2-7-5/h5-6H,2-4H2,1H3. The minimum Gasteiger partial charge on any atom is -0.303 e. The predicted octanol–water partition coefficient (Wildman–Crippen LogP) is -0.117. The second-order valence-electron chi connectivity index (χ2n) is 1.79. The highest BCUT2D eigenvalue weighted by Crippen LogP contribution is 2.05. The Morgan fingerprint density at radius 3 is 3.00 bits per heavy atom. The molecule has 0 aromatic carbocycles. The molecule has 1 rings (SSSR count). The van der Waals surface area contributed by atoms with Gasteiger partial charge in [-0.05, 0) is 7.05 Å². The first kappa shape index (κ1) is 6.39. The van der Waals surface area contributed by atoms with Crippen molar-refractivity contribution in [2.75, 3.05) is 25.1 Å². The van der Waals surface area contributed by atoms with Crippen molar-refractivity contribution >= 4 is 11.8 Å². The summed E-state index contributed by atoms with van der Waals surface area (Å²) in [5.41, 5.74) is 0. The lowest BCUT2D eigenvalue weighted by molar-refractivity contribution is 0.493. The largest absolute Gasteiger partial charge is 0.303 e. The van der Waals surface area contributed by atoms with Gasteiger partial charge in [0.15, 0.2) is 0 Å². The average molecular weight is 131 g/mol. The van der Waals surface area contributed by atoms with Crippen LogP contribution in [0.1, 0.15) is 0 Å². The Kier molecular flexibility index (Phi) is 2.66. The lowest BCUT2D eigenvalue weighted by Gasteiger charge is -2.19. The molecule has 1 aliphatic rings. The summed E-state index contributed by atoms with van der Waals surface area (Å²) in [6.07, 6.45) is 0.425. The van der Waals surface area contributed by atoms with Gasteiger partial charge in [-0.2, -0.15) is 11.8 Å². The normalized spacial score (nSPS) is 30.4. The van der Waals surface area contributed by atoms with E-state index in [1.165, 1.54) is 5.75 Å². The Balaban J connectivity index is 2.13. The molecule has 1 saturated heterocycles. The quantitative estimate of drug-likeness (QED) is 0.537. The SMILES string of the molecule is CNC1CSCC[N]1. The third kappa shape index (κ3) is 1.65. The van der Waals surface area contributed by atoms with Gasteiger partial charge in [-0.25, -0.2) is 5.32 Å². The Hall–Kier alpha value is 0.270.